The minimum Gasteiger partial charge on any atom is -0.496 e. The van der Waals surface area contributed by atoms with Crippen molar-refractivity contribution < 1.29 is 9.84 Å². The fourth-order valence-electron chi connectivity index (χ4n) is 1.40. The lowest BCUT2D eigenvalue weighted by Gasteiger charge is -2.20. The molecule has 2 atom stereocenters. The molecule has 0 radical (unpaired) electrons. The van der Waals surface area contributed by atoms with E-state index in [0.29, 0.717) is 0 Å². The zero-order chi connectivity index (χ0) is 12.0. The largest absolute Gasteiger partial charge is 0.496 e. The topological polar surface area (TPSA) is 55.5 Å². The van der Waals surface area contributed by atoms with E-state index in [4.69, 9.17) is 10.5 Å². The lowest BCUT2D eigenvalue weighted by atomic mass is 10.2. The second kappa shape index (κ2) is 6.78. The van der Waals surface area contributed by atoms with Crippen molar-refractivity contribution in [2.24, 2.45) is 5.73 Å². The molecule has 0 bridgehead atoms. The predicted octanol–water partition coefficient (Wildman–Crippen LogP) is 1.89. The maximum Gasteiger partial charge on any atom is 0.132 e. The number of nitrogens with two attached hydrogens (primary N) is 1. The van der Waals surface area contributed by atoms with Crippen LogP contribution in [0.15, 0.2) is 29.2 Å². The fourth-order valence-corrected chi connectivity index (χ4v) is 2.59. The standard InChI is InChI=1S/C12H19NO2S/c1-3-9(13)12(8-14)16-11-7-5-4-6-10(11)15-2/h4-7,9,12,14H,3,8,13H2,1-2H3. The Kier molecular flexibility index (Phi) is 5.66. The van der Waals surface area contributed by atoms with E-state index in [2.05, 4.69) is 0 Å². The lowest BCUT2D eigenvalue weighted by Crippen LogP contribution is -2.34. The maximum absolute atomic E-state index is 9.31. The van der Waals surface area contributed by atoms with Crippen LogP contribution in [-0.4, -0.2) is 30.1 Å². The summed E-state index contributed by atoms with van der Waals surface area (Å²) < 4.78 is 5.26. The van der Waals surface area contributed by atoms with Gasteiger partial charge < -0.3 is 15.6 Å². The molecule has 1 aromatic carbocycles. The molecule has 0 heterocycles. The van der Waals surface area contributed by atoms with Gasteiger partial charge in [-0.05, 0) is 18.6 Å². The molecule has 0 aliphatic rings. The quantitative estimate of drug-likeness (QED) is 0.747. The highest BCUT2D eigenvalue weighted by Gasteiger charge is 2.18. The van der Waals surface area contributed by atoms with E-state index in [0.717, 1.165) is 17.1 Å². The van der Waals surface area contributed by atoms with Crippen LogP contribution in [0.5, 0.6) is 5.75 Å². The van der Waals surface area contributed by atoms with Gasteiger partial charge in [0.1, 0.15) is 5.75 Å². The highest BCUT2D eigenvalue weighted by atomic mass is 32.2. The van der Waals surface area contributed by atoms with Crippen LogP contribution in [0.3, 0.4) is 0 Å². The number of para-hydroxylation sites is 1. The average molecular weight is 241 g/mol. The molecule has 0 saturated heterocycles. The second-order valence-electron chi connectivity index (χ2n) is 3.56. The minimum absolute atomic E-state index is 0.0000813. The molecule has 3 N–H and O–H groups in total. The number of benzene rings is 1. The van der Waals surface area contributed by atoms with Gasteiger partial charge in [-0.3, -0.25) is 0 Å². The van der Waals surface area contributed by atoms with Crippen LogP contribution in [0.25, 0.3) is 0 Å². The summed E-state index contributed by atoms with van der Waals surface area (Å²) in [5.41, 5.74) is 5.95. The molecule has 4 heteroatoms. The van der Waals surface area contributed by atoms with Crippen molar-refractivity contribution in [2.45, 2.75) is 29.5 Å². The Morgan fingerprint density at radius 1 is 1.44 bits per heavy atom. The van der Waals surface area contributed by atoms with Gasteiger partial charge in [-0.15, -0.1) is 11.8 Å². The van der Waals surface area contributed by atoms with E-state index in [1.165, 1.54) is 0 Å². The minimum atomic E-state index is -0.0000813. The number of aliphatic hydroxyl groups is 1. The lowest BCUT2D eigenvalue weighted by molar-refractivity contribution is 0.281. The van der Waals surface area contributed by atoms with Gasteiger partial charge in [0.15, 0.2) is 0 Å². The fraction of sp³-hybridized carbons (Fsp3) is 0.500. The SMILES string of the molecule is CCC(N)C(CO)Sc1ccccc1OC. The first-order valence-corrected chi connectivity index (χ1v) is 6.27. The molecular formula is C12H19NO2S. The third-order valence-electron chi connectivity index (χ3n) is 2.48. The number of thioether (sulfide) groups is 1. The van der Waals surface area contributed by atoms with Gasteiger partial charge in [0.05, 0.1) is 13.7 Å². The normalized spacial score (nSPS) is 14.5. The monoisotopic (exact) mass is 241 g/mol. The van der Waals surface area contributed by atoms with Crippen molar-refractivity contribution in [2.75, 3.05) is 13.7 Å². The van der Waals surface area contributed by atoms with Crippen LogP contribution in [0, 0.1) is 0 Å². The van der Waals surface area contributed by atoms with E-state index in [9.17, 15) is 5.11 Å². The van der Waals surface area contributed by atoms with Gasteiger partial charge >= 0.3 is 0 Å². The van der Waals surface area contributed by atoms with Gasteiger partial charge in [0.25, 0.3) is 0 Å². The van der Waals surface area contributed by atoms with Crippen LogP contribution in [-0.2, 0) is 0 Å². The van der Waals surface area contributed by atoms with Gasteiger partial charge in [0.2, 0.25) is 0 Å². The van der Waals surface area contributed by atoms with Crippen molar-refractivity contribution in [1.82, 2.24) is 0 Å². The molecule has 3 nitrogen and oxygen atoms in total. The molecule has 0 aliphatic carbocycles. The zero-order valence-electron chi connectivity index (χ0n) is 9.72. The van der Waals surface area contributed by atoms with E-state index in [1.54, 1.807) is 18.9 Å². The number of ether oxygens (including phenoxy) is 1. The molecule has 0 aromatic heterocycles. The van der Waals surface area contributed by atoms with E-state index in [1.807, 2.05) is 31.2 Å². The maximum atomic E-state index is 9.31. The van der Waals surface area contributed by atoms with Crippen molar-refractivity contribution in [3.63, 3.8) is 0 Å². The Morgan fingerprint density at radius 2 is 2.12 bits per heavy atom. The summed E-state index contributed by atoms with van der Waals surface area (Å²) in [6.07, 6.45) is 0.855. The highest BCUT2D eigenvalue weighted by molar-refractivity contribution is 8.00. The first kappa shape index (κ1) is 13.4. The van der Waals surface area contributed by atoms with E-state index in [-0.39, 0.29) is 17.9 Å². The van der Waals surface area contributed by atoms with E-state index >= 15 is 0 Å². The van der Waals surface area contributed by atoms with Gasteiger partial charge in [-0.1, -0.05) is 19.1 Å². The zero-order valence-corrected chi connectivity index (χ0v) is 10.5. The Labute approximate surface area is 101 Å². The van der Waals surface area contributed by atoms with Gasteiger partial charge in [0, 0.05) is 16.2 Å². The van der Waals surface area contributed by atoms with Crippen LogP contribution >= 0.6 is 11.8 Å². The van der Waals surface area contributed by atoms with Crippen LogP contribution in [0.2, 0.25) is 0 Å². The average Bonchev–Trinajstić information content (AvgIpc) is 2.35. The first-order chi connectivity index (χ1) is 7.72. The highest BCUT2D eigenvalue weighted by Crippen LogP contribution is 2.33. The van der Waals surface area contributed by atoms with Crippen molar-refractivity contribution >= 4 is 11.8 Å². The molecule has 1 aromatic rings. The molecule has 0 spiro atoms. The van der Waals surface area contributed by atoms with Crippen LogP contribution in [0.1, 0.15) is 13.3 Å². The van der Waals surface area contributed by atoms with Gasteiger partial charge in [-0.2, -0.15) is 0 Å². The molecule has 0 amide bonds. The smallest absolute Gasteiger partial charge is 0.132 e. The summed E-state index contributed by atoms with van der Waals surface area (Å²) in [6, 6.07) is 7.77. The molecule has 90 valence electrons. The Balaban J connectivity index is 2.77. The number of hydrogen-bond acceptors (Lipinski definition) is 4. The predicted molar refractivity (Wildman–Crippen MR) is 68.0 cm³/mol. The Hall–Kier alpha value is -0.710. The van der Waals surface area contributed by atoms with Crippen LogP contribution in [0.4, 0.5) is 0 Å². The molecular weight excluding hydrogens is 222 g/mol. The summed E-state index contributed by atoms with van der Waals surface area (Å²) in [4.78, 5) is 1.02. The van der Waals surface area contributed by atoms with E-state index < -0.39 is 0 Å². The Bertz CT molecular complexity index is 320. The second-order valence-corrected chi connectivity index (χ2v) is 4.84. The third kappa shape index (κ3) is 3.40. The molecule has 16 heavy (non-hydrogen) atoms. The Morgan fingerprint density at radius 3 is 2.69 bits per heavy atom. The van der Waals surface area contributed by atoms with Crippen LogP contribution < -0.4 is 10.5 Å². The molecule has 0 aliphatic heterocycles. The molecule has 2 unspecified atom stereocenters. The van der Waals surface area contributed by atoms with Gasteiger partial charge in [-0.25, -0.2) is 0 Å². The molecule has 0 fully saturated rings. The number of hydrogen-bond donors (Lipinski definition) is 2. The summed E-state index contributed by atoms with van der Waals surface area (Å²) in [6.45, 7) is 2.10. The van der Waals surface area contributed by atoms with Crippen molar-refractivity contribution in [3.8, 4) is 5.75 Å². The van der Waals surface area contributed by atoms with Crippen molar-refractivity contribution in [3.05, 3.63) is 24.3 Å². The number of rotatable bonds is 6. The molecule has 0 saturated carbocycles. The first-order valence-electron chi connectivity index (χ1n) is 5.39. The third-order valence-corrected chi connectivity index (χ3v) is 3.87. The molecule has 1 rings (SSSR count). The summed E-state index contributed by atoms with van der Waals surface area (Å²) in [5.74, 6) is 0.828. The summed E-state index contributed by atoms with van der Waals surface area (Å²) in [5, 5.41) is 9.33. The summed E-state index contributed by atoms with van der Waals surface area (Å²) >= 11 is 1.57. The number of methoxy groups -OCH3 is 1. The van der Waals surface area contributed by atoms with Crippen molar-refractivity contribution in [1.29, 1.82) is 0 Å². The number of aliphatic hydroxyl groups excluding tert-OH is 1. The summed E-state index contributed by atoms with van der Waals surface area (Å²) in [7, 11) is 1.65.